The van der Waals surface area contributed by atoms with Gasteiger partial charge in [-0.25, -0.2) is 4.79 Å². The Morgan fingerprint density at radius 2 is 1.65 bits per heavy atom. The summed E-state index contributed by atoms with van der Waals surface area (Å²) in [6.07, 6.45) is 0.650. The van der Waals surface area contributed by atoms with Gasteiger partial charge in [0.2, 0.25) is 11.8 Å². The highest BCUT2D eigenvalue weighted by Crippen LogP contribution is 2.43. The van der Waals surface area contributed by atoms with Gasteiger partial charge in [-0.15, -0.1) is 23.2 Å². The largest absolute Gasteiger partial charge is 0.497 e. The number of nitrogens with one attached hydrogen (secondary N) is 1. The van der Waals surface area contributed by atoms with E-state index in [1.807, 2.05) is 0 Å². The van der Waals surface area contributed by atoms with Crippen LogP contribution in [0.3, 0.4) is 0 Å². The number of rotatable bonds is 6. The van der Waals surface area contributed by atoms with Crippen LogP contribution in [-0.2, 0) is 19.1 Å². The van der Waals surface area contributed by atoms with Crippen molar-refractivity contribution in [3.8, 4) is 5.75 Å². The zero-order valence-corrected chi connectivity index (χ0v) is 19.7. The summed E-state index contributed by atoms with van der Waals surface area (Å²) in [5, 5.41) is 1.84. The number of amides is 3. The minimum absolute atomic E-state index is 0.104. The van der Waals surface area contributed by atoms with E-state index in [1.165, 1.54) is 19.2 Å². The van der Waals surface area contributed by atoms with Gasteiger partial charge in [-0.3, -0.25) is 19.3 Å². The van der Waals surface area contributed by atoms with Crippen molar-refractivity contribution in [2.45, 2.75) is 23.6 Å². The summed E-state index contributed by atoms with van der Waals surface area (Å²) in [5.41, 5.74) is 0.859. The maximum absolute atomic E-state index is 12.9. The molecule has 4 atom stereocenters. The third kappa shape index (κ3) is 4.88. The van der Waals surface area contributed by atoms with Crippen LogP contribution in [0.15, 0.2) is 48.5 Å². The van der Waals surface area contributed by atoms with Crippen LogP contribution >= 0.6 is 23.2 Å². The van der Waals surface area contributed by atoms with Gasteiger partial charge in [0.1, 0.15) is 5.75 Å². The van der Waals surface area contributed by atoms with Gasteiger partial charge in [0.15, 0.2) is 6.61 Å². The van der Waals surface area contributed by atoms with Gasteiger partial charge in [-0.1, -0.05) is 12.1 Å². The molecule has 3 amide bonds. The van der Waals surface area contributed by atoms with Crippen LogP contribution in [0.5, 0.6) is 5.75 Å². The standard InChI is InChI=1S/C24H22Cl2N2O6/c1-33-16-7-3-5-14(9-16)27-21(29)12-34-24(32)13-4-2-6-15(8-13)28-22(30)17-10-19(25)20(26)11-18(17)23(28)31/h2-9,17-20H,10-12H2,1H3,(H,27,29)/t17-,18-,19-,20+/m1/s1. The normalized spacial score (nSPS) is 23.9. The molecule has 1 aliphatic carbocycles. The Balaban J connectivity index is 1.41. The molecule has 1 saturated heterocycles. The summed E-state index contributed by atoms with van der Waals surface area (Å²) in [6, 6.07) is 12.7. The molecule has 178 valence electrons. The van der Waals surface area contributed by atoms with Gasteiger partial charge in [0.05, 0.1) is 41.0 Å². The lowest BCUT2D eigenvalue weighted by molar-refractivity contribution is -0.122. The number of hydrogen-bond donors (Lipinski definition) is 1. The first-order valence-corrected chi connectivity index (χ1v) is 11.5. The number of carbonyl (C=O) groups excluding carboxylic acids is 4. The molecule has 1 N–H and O–H groups in total. The van der Waals surface area contributed by atoms with Gasteiger partial charge in [-0.05, 0) is 43.2 Å². The van der Waals surface area contributed by atoms with E-state index in [2.05, 4.69) is 5.32 Å². The highest BCUT2D eigenvalue weighted by Gasteiger charge is 2.52. The van der Waals surface area contributed by atoms with Crippen molar-refractivity contribution < 1.29 is 28.7 Å². The summed E-state index contributed by atoms with van der Waals surface area (Å²) < 4.78 is 10.2. The third-order valence-electron chi connectivity index (χ3n) is 5.94. The van der Waals surface area contributed by atoms with E-state index < -0.39 is 30.3 Å². The number of esters is 1. The summed E-state index contributed by atoms with van der Waals surface area (Å²) in [7, 11) is 1.51. The van der Waals surface area contributed by atoms with Gasteiger partial charge >= 0.3 is 5.97 Å². The molecule has 0 bridgehead atoms. The molecular formula is C24H22Cl2N2O6. The number of imide groups is 1. The highest BCUT2D eigenvalue weighted by molar-refractivity contribution is 6.31. The average molecular weight is 505 g/mol. The summed E-state index contributed by atoms with van der Waals surface area (Å²) >= 11 is 12.4. The average Bonchev–Trinajstić information content (AvgIpc) is 3.07. The number of benzene rings is 2. The molecule has 2 aromatic rings. The lowest BCUT2D eigenvalue weighted by Gasteiger charge is -2.28. The molecule has 1 heterocycles. The number of nitrogens with zero attached hydrogens (tertiary/aromatic N) is 1. The van der Waals surface area contributed by atoms with Crippen molar-refractivity contribution in [2.24, 2.45) is 11.8 Å². The van der Waals surface area contributed by atoms with Crippen LogP contribution in [0.1, 0.15) is 23.2 Å². The second-order valence-electron chi connectivity index (χ2n) is 8.13. The molecule has 4 rings (SSSR count). The monoisotopic (exact) mass is 504 g/mol. The SMILES string of the molecule is COc1cccc(NC(=O)COC(=O)c2cccc(N3C(=O)[C@@H]4C[C@@H](Cl)[C@@H](Cl)C[C@H]4C3=O)c2)c1. The molecule has 0 radical (unpaired) electrons. The molecule has 2 aliphatic rings. The Hall–Kier alpha value is -3.10. The fourth-order valence-corrected chi connectivity index (χ4v) is 4.82. The van der Waals surface area contributed by atoms with Crippen LogP contribution in [0.2, 0.25) is 0 Å². The number of alkyl halides is 2. The van der Waals surface area contributed by atoms with Crippen molar-refractivity contribution in [1.82, 2.24) is 0 Å². The maximum atomic E-state index is 12.9. The number of methoxy groups -OCH3 is 1. The molecular weight excluding hydrogens is 483 g/mol. The molecule has 34 heavy (non-hydrogen) atoms. The van der Waals surface area contributed by atoms with Crippen LogP contribution in [-0.4, -0.2) is 48.2 Å². The van der Waals surface area contributed by atoms with Gasteiger partial charge in [0, 0.05) is 11.8 Å². The van der Waals surface area contributed by atoms with Gasteiger partial charge in [-0.2, -0.15) is 0 Å². The molecule has 0 unspecified atom stereocenters. The summed E-state index contributed by atoms with van der Waals surface area (Å²) in [6.45, 7) is -0.514. The maximum Gasteiger partial charge on any atom is 0.338 e. The number of hydrogen-bond acceptors (Lipinski definition) is 6. The molecule has 2 aromatic carbocycles. The number of halogens is 2. The van der Waals surface area contributed by atoms with E-state index in [0.29, 0.717) is 24.3 Å². The molecule has 1 aliphatic heterocycles. The number of fused-ring (bicyclic) bond motifs is 1. The zero-order chi connectivity index (χ0) is 24.4. The van der Waals surface area contributed by atoms with Crippen molar-refractivity contribution in [3.05, 3.63) is 54.1 Å². The minimum Gasteiger partial charge on any atom is -0.497 e. The lowest BCUT2D eigenvalue weighted by Crippen LogP contribution is -2.34. The summed E-state index contributed by atoms with van der Waals surface area (Å²) in [5.74, 6) is -2.49. The predicted molar refractivity (Wildman–Crippen MR) is 126 cm³/mol. The first kappa shape index (κ1) is 24.0. The van der Waals surface area contributed by atoms with Crippen LogP contribution in [0.4, 0.5) is 11.4 Å². The predicted octanol–water partition coefficient (Wildman–Crippen LogP) is 3.60. The molecule has 1 saturated carbocycles. The Labute approximate surface area is 206 Å². The van der Waals surface area contributed by atoms with Gasteiger partial charge < -0.3 is 14.8 Å². The molecule has 10 heteroatoms. The van der Waals surface area contributed by atoms with Crippen molar-refractivity contribution in [3.63, 3.8) is 0 Å². The van der Waals surface area contributed by atoms with E-state index in [4.69, 9.17) is 32.7 Å². The van der Waals surface area contributed by atoms with Crippen molar-refractivity contribution >= 4 is 58.3 Å². The molecule has 2 fully saturated rings. The first-order valence-electron chi connectivity index (χ1n) is 10.7. The van der Waals surface area contributed by atoms with E-state index in [0.717, 1.165) is 4.90 Å². The minimum atomic E-state index is -0.763. The van der Waals surface area contributed by atoms with Crippen LogP contribution in [0.25, 0.3) is 0 Å². The quantitative estimate of drug-likeness (QED) is 0.366. The van der Waals surface area contributed by atoms with E-state index in [1.54, 1.807) is 36.4 Å². The zero-order valence-electron chi connectivity index (χ0n) is 18.2. The lowest BCUT2D eigenvalue weighted by atomic mass is 9.80. The topological polar surface area (TPSA) is 102 Å². The van der Waals surface area contributed by atoms with E-state index in [-0.39, 0.29) is 33.8 Å². The van der Waals surface area contributed by atoms with E-state index >= 15 is 0 Å². The van der Waals surface area contributed by atoms with Crippen LogP contribution < -0.4 is 15.0 Å². The smallest absolute Gasteiger partial charge is 0.338 e. The van der Waals surface area contributed by atoms with Crippen molar-refractivity contribution in [2.75, 3.05) is 23.9 Å². The Morgan fingerprint density at radius 3 is 2.29 bits per heavy atom. The Morgan fingerprint density at radius 1 is 1.00 bits per heavy atom. The fourth-order valence-electron chi connectivity index (χ4n) is 4.23. The third-order valence-corrected chi connectivity index (χ3v) is 7.03. The summed E-state index contributed by atoms with van der Waals surface area (Å²) in [4.78, 5) is 51.7. The second-order valence-corrected chi connectivity index (χ2v) is 9.26. The fraction of sp³-hybridized carbons (Fsp3) is 0.333. The van der Waals surface area contributed by atoms with E-state index in [9.17, 15) is 19.2 Å². The second kappa shape index (κ2) is 10.0. The van der Waals surface area contributed by atoms with Gasteiger partial charge in [0.25, 0.3) is 5.91 Å². The highest BCUT2D eigenvalue weighted by atomic mass is 35.5. The number of anilines is 2. The number of ether oxygens (including phenoxy) is 2. The van der Waals surface area contributed by atoms with Crippen LogP contribution in [0, 0.1) is 11.8 Å². The molecule has 0 spiro atoms. The Bertz CT molecular complexity index is 1110. The molecule has 0 aromatic heterocycles. The van der Waals surface area contributed by atoms with Crippen molar-refractivity contribution in [1.29, 1.82) is 0 Å². The number of carbonyl (C=O) groups is 4. The molecule has 8 nitrogen and oxygen atoms in total. The Kier molecular flexibility index (Phi) is 7.09. The first-order chi connectivity index (χ1) is 16.3.